The third kappa shape index (κ3) is 5.42. The van der Waals surface area contributed by atoms with Crippen LogP contribution in [0.15, 0.2) is 30.3 Å². The van der Waals surface area contributed by atoms with Crippen molar-refractivity contribution in [3.8, 4) is 0 Å². The third-order valence-corrected chi connectivity index (χ3v) is 4.35. The Morgan fingerprint density at radius 1 is 1.24 bits per heavy atom. The van der Waals surface area contributed by atoms with E-state index in [4.69, 9.17) is 0 Å². The molecule has 0 saturated heterocycles. The number of likely N-dealkylation sites (N-methyl/N-ethyl adjacent to an activating group) is 1. The molecule has 0 aliphatic carbocycles. The molecule has 3 heteroatoms. The summed E-state index contributed by atoms with van der Waals surface area (Å²) in [7, 11) is 2.17. The van der Waals surface area contributed by atoms with Crippen LogP contribution in [-0.2, 0) is 5.54 Å². The molecule has 1 aromatic rings. The average Bonchev–Trinajstić information content (AvgIpc) is 2.52. The molecule has 0 heterocycles. The summed E-state index contributed by atoms with van der Waals surface area (Å²) in [5, 5.41) is 13.5. The van der Waals surface area contributed by atoms with Crippen LogP contribution in [-0.4, -0.2) is 43.3 Å². The van der Waals surface area contributed by atoms with Crippen LogP contribution < -0.4 is 5.32 Å². The minimum Gasteiger partial charge on any atom is -0.394 e. The largest absolute Gasteiger partial charge is 0.394 e. The summed E-state index contributed by atoms with van der Waals surface area (Å²) >= 11 is 0. The number of hydrogen-bond donors (Lipinski definition) is 2. The Labute approximate surface area is 130 Å². The second kappa shape index (κ2) is 9.19. The number of nitrogens with one attached hydrogen (secondary N) is 1. The molecule has 0 aliphatic heterocycles. The highest BCUT2D eigenvalue weighted by Gasteiger charge is 2.30. The van der Waals surface area contributed by atoms with Gasteiger partial charge < -0.3 is 15.3 Å². The molecule has 0 bridgehead atoms. The van der Waals surface area contributed by atoms with Crippen LogP contribution in [0.5, 0.6) is 0 Å². The lowest BCUT2D eigenvalue weighted by atomic mass is 9.87. The highest BCUT2D eigenvalue weighted by Crippen LogP contribution is 2.25. The molecule has 0 spiro atoms. The van der Waals surface area contributed by atoms with Crippen LogP contribution in [0.4, 0.5) is 0 Å². The van der Waals surface area contributed by atoms with Crippen molar-refractivity contribution in [2.24, 2.45) is 5.92 Å². The fourth-order valence-electron chi connectivity index (χ4n) is 2.79. The summed E-state index contributed by atoms with van der Waals surface area (Å²) in [4.78, 5) is 2.37. The maximum absolute atomic E-state index is 10.0. The van der Waals surface area contributed by atoms with Gasteiger partial charge in [0.1, 0.15) is 0 Å². The van der Waals surface area contributed by atoms with Crippen molar-refractivity contribution >= 4 is 0 Å². The summed E-state index contributed by atoms with van der Waals surface area (Å²) in [6, 6.07) is 10.3. The van der Waals surface area contributed by atoms with E-state index >= 15 is 0 Å². The quantitative estimate of drug-likeness (QED) is 0.696. The van der Waals surface area contributed by atoms with E-state index in [2.05, 4.69) is 50.2 Å². The molecule has 0 fully saturated rings. The second-order valence-corrected chi connectivity index (χ2v) is 6.16. The van der Waals surface area contributed by atoms with Crippen molar-refractivity contribution in [2.75, 3.05) is 33.3 Å². The van der Waals surface area contributed by atoms with E-state index in [1.54, 1.807) is 0 Å². The molecule has 21 heavy (non-hydrogen) atoms. The molecule has 0 amide bonds. The van der Waals surface area contributed by atoms with E-state index in [0.29, 0.717) is 0 Å². The number of benzene rings is 1. The smallest absolute Gasteiger partial charge is 0.0681 e. The standard InChI is InChI=1S/C18H32N2O/c1-5-16(3)14-20(4)13-12-18(15-21,19-6-2)17-10-8-7-9-11-17/h7-11,16,19,21H,5-6,12-15H2,1-4H3. The molecule has 1 rings (SSSR count). The van der Waals surface area contributed by atoms with E-state index in [0.717, 1.165) is 32.0 Å². The van der Waals surface area contributed by atoms with Crippen LogP contribution in [0.2, 0.25) is 0 Å². The summed E-state index contributed by atoms with van der Waals surface area (Å²) < 4.78 is 0. The Morgan fingerprint density at radius 2 is 1.90 bits per heavy atom. The van der Waals surface area contributed by atoms with Crippen LogP contribution in [0.3, 0.4) is 0 Å². The molecule has 2 unspecified atom stereocenters. The molecule has 0 aromatic heterocycles. The third-order valence-electron chi connectivity index (χ3n) is 4.35. The van der Waals surface area contributed by atoms with E-state index in [9.17, 15) is 5.11 Å². The molecular weight excluding hydrogens is 260 g/mol. The molecule has 2 atom stereocenters. The first-order valence-electron chi connectivity index (χ1n) is 8.18. The second-order valence-electron chi connectivity index (χ2n) is 6.16. The Hall–Kier alpha value is -0.900. The minimum atomic E-state index is -0.334. The fourth-order valence-corrected chi connectivity index (χ4v) is 2.79. The van der Waals surface area contributed by atoms with Gasteiger partial charge in [-0.1, -0.05) is 57.5 Å². The van der Waals surface area contributed by atoms with Gasteiger partial charge in [0.15, 0.2) is 0 Å². The van der Waals surface area contributed by atoms with Crippen molar-refractivity contribution < 1.29 is 5.11 Å². The molecule has 0 aliphatic rings. The van der Waals surface area contributed by atoms with E-state index < -0.39 is 0 Å². The number of aliphatic hydroxyl groups excluding tert-OH is 1. The zero-order chi connectivity index (χ0) is 15.7. The number of rotatable bonds is 10. The van der Waals surface area contributed by atoms with Gasteiger partial charge in [0.25, 0.3) is 0 Å². The first-order valence-corrected chi connectivity index (χ1v) is 8.18. The lowest BCUT2D eigenvalue weighted by Crippen LogP contribution is -2.47. The fraction of sp³-hybridized carbons (Fsp3) is 0.667. The number of aliphatic hydroxyl groups is 1. The maximum Gasteiger partial charge on any atom is 0.0681 e. The highest BCUT2D eigenvalue weighted by atomic mass is 16.3. The lowest BCUT2D eigenvalue weighted by Gasteiger charge is -2.35. The van der Waals surface area contributed by atoms with E-state index in [1.807, 2.05) is 18.2 Å². The van der Waals surface area contributed by atoms with Gasteiger partial charge in [0, 0.05) is 13.1 Å². The van der Waals surface area contributed by atoms with Gasteiger partial charge in [-0.2, -0.15) is 0 Å². The summed E-state index contributed by atoms with van der Waals surface area (Å²) in [5.41, 5.74) is 0.839. The Kier molecular flexibility index (Phi) is 7.94. The monoisotopic (exact) mass is 292 g/mol. The van der Waals surface area contributed by atoms with Crippen molar-refractivity contribution in [3.05, 3.63) is 35.9 Å². The maximum atomic E-state index is 10.0. The van der Waals surface area contributed by atoms with Gasteiger partial charge >= 0.3 is 0 Å². The molecule has 2 N–H and O–H groups in total. The van der Waals surface area contributed by atoms with Crippen molar-refractivity contribution in [1.29, 1.82) is 0 Å². The molecule has 1 aromatic carbocycles. The van der Waals surface area contributed by atoms with Gasteiger partial charge in [-0.3, -0.25) is 0 Å². The van der Waals surface area contributed by atoms with Gasteiger partial charge in [0.05, 0.1) is 12.1 Å². The molecular formula is C18H32N2O. The first kappa shape index (κ1) is 18.1. The van der Waals surface area contributed by atoms with Crippen molar-refractivity contribution in [1.82, 2.24) is 10.2 Å². The average molecular weight is 292 g/mol. The van der Waals surface area contributed by atoms with Gasteiger partial charge in [-0.15, -0.1) is 0 Å². The predicted octanol–water partition coefficient (Wildman–Crippen LogP) is 2.85. The Morgan fingerprint density at radius 3 is 2.43 bits per heavy atom. The summed E-state index contributed by atoms with van der Waals surface area (Å²) in [6.45, 7) is 9.69. The normalized spacial score (nSPS) is 15.9. The number of nitrogens with zero attached hydrogens (tertiary/aromatic N) is 1. The summed E-state index contributed by atoms with van der Waals surface area (Å²) in [6.07, 6.45) is 2.12. The molecule has 3 nitrogen and oxygen atoms in total. The van der Waals surface area contributed by atoms with Crippen LogP contribution in [0.1, 0.15) is 39.2 Å². The highest BCUT2D eigenvalue weighted by molar-refractivity contribution is 5.24. The van der Waals surface area contributed by atoms with Gasteiger partial charge in [-0.25, -0.2) is 0 Å². The summed E-state index contributed by atoms with van der Waals surface area (Å²) in [5.74, 6) is 0.717. The van der Waals surface area contributed by atoms with Gasteiger partial charge in [-0.05, 0) is 31.5 Å². The zero-order valence-corrected chi connectivity index (χ0v) is 14.1. The molecule has 120 valence electrons. The lowest BCUT2D eigenvalue weighted by molar-refractivity contribution is 0.135. The Bertz CT molecular complexity index is 382. The predicted molar refractivity (Wildman–Crippen MR) is 90.5 cm³/mol. The first-order chi connectivity index (χ1) is 10.1. The van der Waals surface area contributed by atoms with Crippen LogP contribution >= 0.6 is 0 Å². The van der Waals surface area contributed by atoms with Crippen molar-refractivity contribution in [2.45, 2.75) is 39.2 Å². The van der Waals surface area contributed by atoms with Crippen LogP contribution in [0, 0.1) is 5.92 Å². The SMILES string of the molecule is CCNC(CO)(CCN(C)CC(C)CC)c1ccccc1. The topological polar surface area (TPSA) is 35.5 Å². The van der Waals surface area contributed by atoms with E-state index in [-0.39, 0.29) is 12.1 Å². The number of hydrogen-bond acceptors (Lipinski definition) is 3. The van der Waals surface area contributed by atoms with Crippen molar-refractivity contribution in [3.63, 3.8) is 0 Å². The van der Waals surface area contributed by atoms with Crippen LogP contribution in [0.25, 0.3) is 0 Å². The Balaban J connectivity index is 2.75. The van der Waals surface area contributed by atoms with Gasteiger partial charge in [0.2, 0.25) is 0 Å². The molecule has 0 radical (unpaired) electrons. The van der Waals surface area contributed by atoms with E-state index in [1.165, 1.54) is 12.0 Å². The minimum absolute atomic E-state index is 0.127. The zero-order valence-electron chi connectivity index (χ0n) is 14.1. The molecule has 0 saturated carbocycles.